The van der Waals surface area contributed by atoms with E-state index >= 15 is 0 Å². The van der Waals surface area contributed by atoms with E-state index in [1.165, 1.54) is 30.6 Å². The van der Waals surface area contributed by atoms with Crippen molar-refractivity contribution >= 4 is 50.7 Å². The van der Waals surface area contributed by atoms with E-state index < -0.39 is 0 Å². The molecule has 6 heteroatoms. The van der Waals surface area contributed by atoms with Gasteiger partial charge in [0.05, 0.1) is 5.39 Å². The van der Waals surface area contributed by atoms with Crippen LogP contribution in [0.4, 0.5) is 5.82 Å². The summed E-state index contributed by atoms with van der Waals surface area (Å²) in [6, 6.07) is 2.14. The Morgan fingerprint density at radius 1 is 1.40 bits per heavy atom. The number of aryl methyl sites for hydroxylation is 1. The van der Waals surface area contributed by atoms with Gasteiger partial charge >= 0.3 is 0 Å². The van der Waals surface area contributed by atoms with Gasteiger partial charge in [-0.2, -0.15) is 11.8 Å². The Morgan fingerprint density at radius 2 is 2.15 bits per heavy atom. The molecule has 108 valence electrons. The molecule has 0 spiro atoms. The molecular formula is C14H18ClN3S2. The van der Waals surface area contributed by atoms with Gasteiger partial charge < -0.3 is 5.32 Å². The number of aromatic nitrogens is 2. The Balaban J connectivity index is 1.86. The van der Waals surface area contributed by atoms with E-state index in [-0.39, 0.29) is 0 Å². The summed E-state index contributed by atoms with van der Waals surface area (Å²) >= 11 is 9.68. The van der Waals surface area contributed by atoms with Crippen molar-refractivity contribution in [2.75, 3.05) is 18.1 Å². The fourth-order valence-electron chi connectivity index (χ4n) is 2.87. The van der Waals surface area contributed by atoms with Crippen molar-refractivity contribution in [3.63, 3.8) is 0 Å². The van der Waals surface area contributed by atoms with Crippen LogP contribution in [0.25, 0.3) is 10.2 Å². The van der Waals surface area contributed by atoms with Crippen LogP contribution in [-0.2, 0) is 0 Å². The van der Waals surface area contributed by atoms with Gasteiger partial charge in [0.25, 0.3) is 0 Å². The fraction of sp³-hybridized carbons (Fsp3) is 0.571. The molecule has 0 unspecified atom stereocenters. The summed E-state index contributed by atoms with van der Waals surface area (Å²) in [6.07, 6.45) is 7.45. The van der Waals surface area contributed by atoms with Crippen molar-refractivity contribution in [3.05, 3.63) is 16.2 Å². The average molecular weight is 328 g/mol. The monoisotopic (exact) mass is 327 g/mol. The summed E-state index contributed by atoms with van der Waals surface area (Å²) < 4.78 is 0.356. The minimum absolute atomic E-state index is 0.325. The number of anilines is 1. The maximum atomic E-state index is 6.04. The molecule has 20 heavy (non-hydrogen) atoms. The number of halogens is 1. The van der Waals surface area contributed by atoms with Crippen molar-refractivity contribution in [2.45, 2.75) is 37.4 Å². The number of thiophene rings is 1. The predicted octanol–water partition coefficient (Wildman–Crippen LogP) is 4.74. The van der Waals surface area contributed by atoms with E-state index in [2.05, 4.69) is 34.5 Å². The van der Waals surface area contributed by atoms with Crippen LogP contribution in [0.5, 0.6) is 0 Å². The van der Waals surface area contributed by atoms with Gasteiger partial charge in [-0.3, -0.25) is 0 Å². The van der Waals surface area contributed by atoms with Gasteiger partial charge in [0.2, 0.25) is 5.28 Å². The Kier molecular flexibility index (Phi) is 4.11. The van der Waals surface area contributed by atoms with E-state index in [9.17, 15) is 0 Å². The van der Waals surface area contributed by atoms with Crippen LogP contribution in [0.15, 0.2) is 6.07 Å². The van der Waals surface area contributed by atoms with Gasteiger partial charge in [0.15, 0.2) is 0 Å². The molecule has 2 heterocycles. The van der Waals surface area contributed by atoms with E-state index in [4.69, 9.17) is 11.6 Å². The first-order chi connectivity index (χ1) is 9.62. The molecular weight excluding hydrogens is 310 g/mol. The second-order valence-electron chi connectivity index (χ2n) is 5.36. The predicted molar refractivity (Wildman–Crippen MR) is 90.4 cm³/mol. The molecule has 0 radical (unpaired) electrons. The lowest BCUT2D eigenvalue weighted by molar-refractivity contribution is 0.639. The Labute approximate surface area is 132 Å². The molecule has 1 aliphatic carbocycles. The van der Waals surface area contributed by atoms with Crippen LogP contribution in [0.1, 0.15) is 30.6 Å². The van der Waals surface area contributed by atoms with Crippen LogP contribution in [0, 0.1) is 6.92 Å². The molecule has 3 rings (SSSR count). The average Bonchev–Trinajstić information content (AvgIpc) is 3.02. The summed E-state index contributed by atoms with van der Waals surface area (Å²) in [7, 11) is 0. The van der Waals surface area contributed by atoms with Crippen molar-refractivity contribution in [1.29, 1.82) is 0 Å². The summed E-state index contributed by atoms with van der Waals surface area (Å²) in [4.78, 5) is 10.9. The van der Waals surface area contributed by atoms with Crippen LogP contribution < -0.4 is 5.32 Å². The second kappa shape index (κ2) is 5.70. The minimum atomic E-state index is 0.325. The third-order valence-electron chi connectivity index (χ3n) is 4.01. The van der Waals surface area contributed by atoms with E-state index in [1.807, 2.05) is 11.8 Å². The first kappa shape index (κ1) is 14.4. The molecule has 1 fully saturated rings. The largest absolute Gasteiger partial charge is 0.368 e. The van der Waals surface area contributed by atoms with Gasteiger partial charge in [-0.1, -0.05) is 12.8 Å². The first-order valence-corrected chi connectivity index (χ1v) is 9.26. The third kappa shape index (κ3) is 2.76. The molecule has 1 aliphatic rings. The molecule has 3 nitrogen and oxygen atoms in total. The lowest BCUT2D eigenvalue weighted by atomic mass is 10.1. The molecule has 1 saturated carbocycles. The highest BCUT2D eigenvalue weighted by molar-refractivity contribution is 8.00. The quantitative estimate of drug-likeness (QED) is 0.823. The number of fused-ring (bicyclic) bond motifs is 1. The topological polar surface area (TPSA) is 37.8 Å². The van der Waals surface area contributed by atoms with E-state index in [0.717, 1.165) is 22.6 Å². The fourth-order valence-corrected chi connectivity index (χ4v) is 4.88. The van der Waals surface area contributed by atoms with Crippen LogP contribution in [0.2, 0.25) is 5.28 Å². The molecule has 0 bridgehead atoms. The molecule has 0 saturated heterocycles. The Hall–Kier alpha value is -0.520. The van der Waals surface area contributed by atoms with Gasteiger partial charge in [-0.05, 0) is 43.7 Å². The zero-order valence-electron chi connectivity index (χ0n) is 11.7. The minimum Gasteiger partial charge on any atom is -0.368 e. The smallest absolute Gasteiger partial charge is 0.225 e. The van der Waals surface area contributed by atoms with E-state index in [1.54, 1.807) is 11.3 Å². The van der Waals surface area contributed by atoms with E-state index in [0.29, 0.717) is 10.0 Å². The lowest BCUT2D eigenvalue weighted by Gasteiger charge is -2.27. The number of hydrogen-bond acceptors (Lipinski definition) is 5. The molecule has 0 amide bonds. The number of nitrogens with one attached hydrogen (secondary N) is 1. The zero-order valence-corrected chi connectivity index (χ0v) is 14.1. The molecule has 0 aliphatic heterocycles. The van der Waals surface area contributed by atoms with Crippen molar-refractivity contribution in [3.8, 4) is 0 Å². The Morgan fingerprint density at radius 3 is 2.85 bits per heavy atom. The first-order valence-electron chi connectivity index (χ1n) is 6.85. The molecule has 0 aromatic carbocycles. The lowest BCUT2D eigenvalue weighted by Crippen LogP contribution is -2.30. The summed E-state index contributed by atoms with van der Waals surface area (Å²) in [5.74, 6) is 0.879. The van der Waals surface area contributed by atoms with Crippen LogP contribution in [-0.4, -0.2) is 27.5 Å². The highest BCUT2D eigenvalue weighted by Crippen LogP contribution is 2.40. The van der Waals surface area contributed by atoms with Crippen LogP contribution >= 0.6 is 34.7 Å². The molecule has 2 aromatic rings. The number of hydrogen-bond donors (Lipinski definition) is 1. The normalized spacial score (nSPS) is 17.8. The van der Waals surface area contributed by atoms with Gasteiger partial charge in [-0.15, -0.1) is 11.3 Å². The highest BCUT2D eigenvalue weighted by atomic mass is 35.5. The summed E-state index contributed by atoms with van der Waals surface area (Å²) in [5, 5.41) is 4.94. The standard InChI is InChI=1S/C14H18ClN3S2/c1-9-7-10-11(17-13(15)18-12(10)20-9)16-8-14(19-2)5-3-4-6-14/h7H,3-6,8H2,1-2H3,(H,16,17,18). The maximum Gasteiger partial charge on any atom is 0.225 e. The third-order valence-corrected chi connectivity index (χ3v) is 6.55. The highest BCUT2D eigenvalue weighted by Gasteiger charge is 2.32. The summed E-state index contributed by atoms with van der Waals surface area (Å²) in [5.41, 5.74) is 0. The SMILES string of the molecule is CSC1(CNc2nc(Cl)nc3sc(C)cc23)CCCC1. The number of rotatable bonds is 4. The molecule has 0 atom stereocenters. The van der Waals surface area contributed by atoms with Crippen LogP contribution in [0.3, 0.4) is 0 Å². The van der Waals surface area contributed by atoms with Gasteiger partial charge in [0, 0.05) is 16.2 Å². The maximum absolute atomic E-state index is 6.04. The molecule has 2 aromatic heterocycles. The van der Waals surface area contributed by atoms with Gasteiger partial charge in [-0.25, -0.2) is 9.97 Å². The zero-order chi connectivity index (χ0) is 14.2. The number of nitrogens with zero attached hydrogens (tertiary/aromatic N) is 2. The van der Waals surface area contributed by atoms with Crippen molar-refractivity contribution in [1.82, 2.24) is 9.97 Å². The van der Waals surface area contributed by atoms with Crippen molar-refractivity contribution in [2.24, 2.45) is 0 Å². The van der Waals surface area contributed by atoms with Gasteiger partial charge in [0.1, 0.15) is 10.6 Å². The second-order valence-corrected chi connectivity index (χ2v) is 8.21. The Bertz CT molecular complexity index is 620. The van der Waals surface area contributed by atoms with Crippen molar-refractivity contribution < 1.29 is 0 Å². The summed E-state index contributed by atoms with van der Waals surface area (Å²) in [6.45, 7) is 3.04. The number of thioether (sulfide) groups is 1. The molecule has 1 N–H and O–H groups in total.